The third kappa shape index (κ3) is 3.34. The van der Waals surface area contributed by atoms with E-state index in [1.54, 1.807) is 7.05 Å². The molecule has 1 aromatic carbocycles. The van der Waals surface area contributed by atoms with E-state index in [-0.39, 0.29) is 12.5 Å². The molecule has 102 valence electrons. The summed E-state index contributed by atoms with van der Waals surface area (Å²) in [5, 5.41) is 0. The molecule has 0 aromatic heterocycles. The first kappa shape index (κ1) is 13.6. The van der Waals surface area contributed by atoms with E-state index in [4.69, 9.17) is 5.73 Å². The highest BCUT2D eigenvalue weighted by molar-refractivity contribution is 5.96. The van der Waals surface area contributed by atoms with E-state index in [1.165, 1.54) is 36.1 Å². The Morgan fingerprint density at radius 3 is 2.32 bits per heavy atom. The van der Waals surface area contributed by atoms with Gasteiger partial charge in [-0.1, -0.05) is 25.0 Å². The molecule has 0 spiro atoms. The number of benzene rings is 1. The zero-order valence-corrected chi connectivity index (χ0v) is 11.3. The summed E-state index contributed by atoms with van der Waals surface area (Å²) in [7, 11) is 1.58. The number of carbonyl (C=O) groups excluding carboxylic acids is 2. The van der Waals surface area contributed by atoms with Crippen molar-refractivity contribution in [1.82, 2.24) is 4.90 Å². The topological polar surface area (TPSA) is 63.4 Å². The van der Waals surface area contributed by atoms with Crippen LogP contribution in [0.25, 0.3) is 0 Å². The minimum atomic E-state index is -0.501. The van der Waals surface area contributed by atoms with Gasteiger partial charge in [-0.05, 0) is 36.5 Å². The minimum absolute atomic E-state index is 0.0524. The van der Waals surface area contributed by atoms with Gasteiger partial charge in [-0.3, -0.25) is 9.59 Å². The van der Waals surface area contributed by atoms with E-state index in [2.05, 4.69) is 0 Å². The number of nitrogens with two attached hydrogens (primary N) is 1. The van der Waals surface area contributed by atoms with Crippen LogP contribution in [0.2, 0.25) is 0 Å². The van der Waals surface area contributed by atoms with Crippen molar-refractivity contribution in [3.63, 3.8) is 0 Å². The van der Waals surface area contributed by atoms with Crippen LogP contribution in [0.4, 0.5) is 0 Å². The Hall–Kier alpha value is -1.84. The highest BCUT2D eigenvalue weighted by atomic mass is 16.2. The molecule has 0 aliphatic heterocycles. The Labute approximate surface area is 113 Å². The molecule has 2 rings (SSSR count). The lowest BCUT2D eigenvalue weighted by Crippen LogP contribution is -2.35. The van der Waals surface area contributed by atoms with Crippen LogP contribution >= 0.6 is 0 Å². The maximum atomic E-state index is 12.0. The van der Waals surface area contributed by atoms with Crippen molar-refractivity contribution in [3.05, 3.63) is 35.4 Å². The van der Waals surface area contributed by atoms with Gasteiger partial charge in [0, 0.05) is 12.6 Å². The Bertz CT molecular complexity index is 462. The van der Waals surface area contributed by atoms with Crippen molar-refractivity contribution < 1.29 is 9.59 Å². The van der Waals surface area contributed by atoms with Crippen LogP contribution in [-0.2, 0) is 4.79 Å². The molecule has 0 heterocycles. The van der Waals surface area contributed by atoms with Gasteiger partial charge in [0.15, 0.2) is 0 Å². The zero-order chi connectivity index (χ0) is 13.8. The van der Waals surface area contributed by atoms with E-state index in [9.17, 15) is 9.59 Å². The number of nitrogens with zero attached hydrogens (tertiary/aromatic N) is 1. The van der Waals surface area contributed by atoms with Gasteiger partial charge in [0.1, 0.15) is 0 Å². The molecule has 2 amide bonds. The lowest BCUT2D eigenvalue weighted by atomic mass is 9.96. The van der Waals surface area contributed by atoms with Crippen LogP contribution in [0, 0.1) is 0 Å². The summed E-state index contributed by atoms with van der Waals surface area (Å²) in [6.45, 7) is -0.0524. The summed E-state index contributed by atoms with van der Waals surface area (Å²) >= 11 is 0. The average molecular weight is 260 g/mol. The first-order valence-electron chi connectivity index (χ1n) is 6.71. The lowest BCUT2D eigenvalue weighted by Gasteiger charge is -2.16. The molecule has 1 aromatic rings. The number of primary amides is 1. The standard InChI is InChI=1S/C15H20N2O2/c1-17(10-14(16)18)15(19)13-8-6-12(7-9-13)11-4-2-3-5-11/h6-9,11H,2-5,10H2,1H3,(H2,16,18). The molecular weight excluding hydrogens is 240 g/mol. The second kappa shape index (κ2) is 5.87. The van der Waals surface area contributed by atoms with Crippen molar-refractivity contribution >= 4 is 11.8 Å². The summed E-state index contributed by atoms with van der Waals surface area (Å²) in [6, 6.07) is 7.74. The van der Waals surface area contributed by atoms with Crippen LogP contribution in [0.15, 0.2) is 24.3 Å². The van der Waals surface area contributed by atoms with Gasteiger partial charge in [-0.25, -0.2) is 0 Å². The number of rotatable bonds is 4. The molecule has 0 atom stereocenters. The average Bonchev–Trinajstić information content (AvgIpc) is 2.91. The maximum absolute atomic E-state index is 12.0. The third-order valence-corrected chi connectivity index (χ3v) is 3.72. The number of amides is 2. The molecule has 1 aliphatic rings. The van der Waals surface area contributed by atoms with Gasteiger partial charge in [-0.2, -0.15) is 0 Å². The third-order valence-electron chi connectivity index (χ3n) is 3.72. The van der Waals surface area contributed by atoms with Crippen LogP contribution < -0.4 is 5.73 Å². The molecule has 0 bridgehead atoms. The summed E-state index contributed by atoms with van der Waals surface area (Å²) < 4.78 is 0. The Balaban J connectivity index is 2.05. The van der Waals surface area contributed by atoms with Crippen molar-refractivity contribution in [2.75, 3.05) is 13.6 Å². The molecular formula is C15H20N2O2. The van der Waals surface area contributed by atoms with Crippen LogP contribution in [0.5, 0.6) is 0 Å². The largest absolute Gasteiger partial charge is 0.368 e. The predicted octanol–water partition coefficient (Wildman–Crippen LogP) is 1.90. The normalized spacial score (nSPS) is 15.4. The van der Waals surface area contributed by atoms with Crippen LogP contribution in [0.1, 0.15) is 47.5 Å². The van der Waals surface area contributed by atoms with Crippen molar-refractivity contribution in [3.8, 4) is 0 Å². The molecule has 1 fully saturated rings. The highest BCUT2D eigenvalue weighted by Crippen LogP contribution is 2.33. The zero-order valence-electron chi connectivity index (χ0n) is 11.3. The van der Waals surface area contributed by atoms with Crippen molar-refractivity contribution in [2.24, 2.45) is 5.73 Å². The first-order valence-corrected chi connectivity index (χ1v) is 6.71. The number of hydrogen-bond acceptors (Lipinski definition) is 2. The highest BCUT2D eigenvalue weighted by Gasteiger charge is 2.18. The Morgan fingerprint density at radius 1 is 1.21 bits per heavy atom. The van der Waals surface area contributed by atoms with Gasteiger partial charge in [-0.15, -0.1) is 0 Å². The minimum Gasteiger partial charge on any atom is -0.368 e. The summed E-state index contributed by atoms with van der Waals surface area (Å²) in [5.41, 5.74) is 7.00. The second-order valence-corrected chi connectivity index (χ2v) is 5.23. The van der Waals surface area contributed by atoms with E-state index in [1.807, 2.05) is 24.3 Å². The van der Waals surface area contributed by atoms with E-state index in [0.717, 1.165) is 0 Å². The summed E-state index contributed by atoms with van der Waals surface area (Å²) in [4.78, 5) is 24.2. The fraction of sp³-hybridized carbons (Fsp3) is 0.467. The number of hydrogen-bond donors (Lipinski definition) is 1. The van der Waals surface area contributed by atoms with E-state index >= 15 is 0 Å². The molecule has 1 saturated carbocycles. The maximum Gasteiger partial charge on any atom is 0.254 e. The summed E-state index contributed by atoms with van der Waals surface area (Å²) in [6.07, 6.45) is 5.09. The van der Waals surface area contributed by atoms with Gasteiger partial charge in [0.25, 0.3) is 5.91 Å². The molecule has 19 heavy (non-hydrogen) atoms. The Morgan fingerprint density at radius 2 is 1.79 bits per heavy atom. The molecule has 4 heteroatoms. The van der Waals surface area contributed by atoms with Gasteiger partial charge in [0.2, 0.25) is 5.91 Å². The number of carbonyl (C=O) groups is 2. The first-order chi connectivity index (χ1) is 9.08. The van der Waals surface area contributed by atoms with Gasteiger partial charge < -0.3 is 10.6 Å². The van der Waals surface area contributed by atoms with Crippen molar-refractivity contribution in [2.45, 2.75) is 31.6 Å². The van der Waals surface area contributed by atoms with Gasteiger partial charge in [0.05, 0.1) is 6.54 Å². The summed E-state index contributed by atoms with van der Waals surface area (Å²) in [5.74, 6) is -0.0253. The Kier molecular flexibility index (Phi) is 4.20. The fourth-order valence-corrected chi connectivity index (χ4v) is 2.68. The van der Waals surface area contributed by atoms with Crippen LogP contribution in [0.3, 0.4) is 0 Å². The molecule has 1 aliphatic carbocycles. The molecule has 4 nitrogen and oxygen atoms in total. The monoisotopic (exact) mass is 260 g/mol. The number of likely N-dealkylation sites (N-methyl/N-ethyl adjacent to an activating group) is 1. The van der Waals surface area contributed by atoms with Gasteiger partial charge >= 0.3 is 0 Å². The van der Waals surface area contributed by atoms with Crippen molar-refractivity contribution in [1.29, 1.82) is 0 Å². The predicted molar refractivity (Wildman–Crippen MR) is 73.8 cm³/mol. The SMILES string of the molecule is CN(CC(N)=O)C(=O)c1ccc(C2CCCC2)cc1. The molecule has 0 unspecified atom stereocenters. The lowest BCUT2D eigenvalue weighted by molar-refractivity contribution is -0.118. The molecule has 0 radical (unpaired) electrons. The second-order valence-electron chi connectivity index (χ2n) is 5.23. The molecule has 0 saturated heterocycles. The quantitative estimate of drug-likeness (QED) is 0.898. The van der Waals surface area contributed by atoms with E-state index < -0.39 is 5.91 Å². The molecule has 2 N–H and O–H groups in total. The fourth-order valence-electron chi connectivity index (χ4n) is 2.68. The van der Waals surface area contributed by atoms with Crippen LogP contribution in [-0.4, -0.2) is 30.3 Å². The smallest absolute Gasteiger partial charge is 0.254 e. The van der Waals surface area contributed by atoms with E-state index in [0.29, 0.717) is 11.5 Å².